The highest BCUT2D eigenvalue weighted by Crippen LogP contribution is 2.29. The van der Waals surface area contributed by atoms with Gasteiger partial charge < -0.3 is 15.0 Å². The third kappa shape index (κ3) is 4.81. The number of ether oxygens (including phenoxy) is 1. The van der Waals surface area contributed by atoms with Crippen LogP contribution in [0.3, 0.4) is 0 Å². The van der Waals surface area contributed by atoms with Crippen LogP contribution in [0.15, 0.2) is 6.20 Å². The molecule has 8 nitrogen and oxygen atoms in total. The first-order valence-electron chi connectivity index (χ1n) is 9.64. The molecule has 2 aliphatic rings. The van der Waals surface area contributed by atoms with Crippen molar-refractivity contribution in [1.82, 2.24) is 25.2 Å². The zero-order valence-electron chi connectivity index (χ0n) is 15.5. The number of carbonyl (C=O) groups excluding carboxylic acids is 2. The molecular formula is C18H29N5O3. The summed E-state index contributed by atoms with van der Waals surface area (Å²) in [5.41, 5.74) is 0.301. The molecule has 26 heavy (non-hydrogen) atoms. The summed E-state index contributed by atoms with van der Waals surface area (Å²) in [6.07, 6.45) is 9.15. The van der Waals surface area contributed by atoms with Gasteiger partial charge in [-0.3, -0.25) is 9.59 Å². The van der Waals surface area contributed by atoms with E-state index < -0.39 is 0 Å². The van der Waals surface area contributed by atoms with Crippen LogP contribution >= 0.6 is 0 Å². The minimum atomic E-state index is -0.252. The number of nitrogens with one attached hydrogen (secondary N) is 1. The van der Waals surface area contributed by atoms with E-state index in [0.29, 0.717) is 37.7 Å². The molecule has 0 aromatic carbocycles. The summed E-state index contributed by atoms with van der Waals surface area (Å²) < 4.78 is 6.65. The molecule has 1 aliphatic carbocycles. The third-order valence-corrected chi connectivity index (χ3v) is 5.40. The lowest BCUT2D eigenvalue weighted by Gasteiger charge is -2.33. The highest BCUT2D eigenvalue weighted by Gasteiger charge is 2.28. The van der Waals surface area contributed by atoms with Gasteiger partial charge in [-0.25, -0.2) is 4.68 Å². The Morgan fingerprint density at radius 3 is 2.85 bits per heavy atom. The monoisotopic (exact) mass is 363 g/mol. The predicted octanol–water partition coefficient (Wildman–Crippen LogP) is 1.40. The number of methoxy groups -OCH3 is 1. The highest BCUT2D eigenvalue weighted by atomic mass is 16.5. The van der Waals surface area contributed by atoms with E-state index in [1.807, 2.05) is 4.90 Å². The Kier molecular flexibility index (Phi) is 6.60. The van der Waals surface area contributed by atoms with E-state index in [4.69, 9.17) is 4.74 Å². The summed E-state index contributed by atoms with van der Waals surface area (Å²) in [7, 11) is 1.59. The molecule has 1 aliphatic heterocycles. The van der Waals surface area contributed by atoms with Gasteiger partial charge in [-0.1, -0.05) is 18.1 Å². The normalized spacial score (nSPS) is 21.1. The number of nitrogens with zero attached hydrogens (tertiary/aromatic N) is 4. The van der Waals surface area contributed by atoms with Gasteiger partial charge in [0.25, 0.3) is 5.91 Å². The van der Waals surface area contributed by atoms with Crippen LogP contribution in [0.25, 0.3) is 0 Å². The van der Waals surface area contributed by atoms with E-state index in [1.165, 1.54) is 25.7 Å². The Morgan fingerprint density at radius 2 is 2.08 bits per heavy atom. The number of rotatable bonds is 7. The quantitative estimate of drug-likeness (QED) is 0.740. The van der Waals surface area contributed by atoms with Crippen molar-refractivity contribution in [2.45, 2.75) is 51.0 Å². The van der Waals surface area contributed by atoms with Crippen molar-refractivity contribution in [3.8, 4) is 0 Å². The molecule has 0 bridgehead atoms. The largest absolute Gasteiger partial charge is 0.383 e. The van der Waals surface area contributed by atoms with Gasteiger partial charge in [0.15, 0.2) is 5.69 Å². The van der Waals surface area contributed by atoms with Crippen LogP contribution in [0.4, 0.5) is 0 Å². The van der Waals surface area contributed by atoms with Gasteiger partial charge in [0.2, 0.25) is 5.91 Å². The molecule has 8 heteroatoms. The minimum Gasteiger partial charge on any atom is -0.383 e. The van der Waals surface area contributed by atoms with Gasteiger partial charge in [-0.05, 0) is 31.6 Å². The Balaban J connectivity index is 1.54. The molecule has 1 aromatic rings. The van der Waals surface area contributed by atoms with Crippen LogP contribution in [-0.2, 0) is 9.53 Å². The van der Waals surface area contributed by atoms with E-state index in [9.17, 15) is 9.59 Å². The number of hydrogen-bond donors (Lipinski definition) is 1. The lowest BCUT2D eigenvalue weighted by Crippen LogP contribution is -2.41. The van der Waals surface area contributed by atoms with Gasteiger partial charge in [0.05, 0.1) is 18.8 Å². The SMILES string of the molecule is COCCNC(=O)c1cn([C@H]2CCCN(C(=O)CC3CCCC3)C2)nn1. The highest BCUT2D eigenvalue weighted by molar-refractivity contribution is 5.91. The molecule has 1 saturated carbocycles. The van der Waals surface area contributed by atoms with Crippen molar-refractivity contribution in [3.05, 3.63) is 11.9 Å². The van der Waals surface area contributed by atoms with Gasteiger partial charge in [-0.15, -0.1) is 5.10 Å². The maximum atomic E-state index is 12.6. The fourth-order valence-electron chi connectivity index (χ4n) is 3.90. The Hall–Kier alpha value is -1.96. The number of carbonyl (C=O) groups is 2. The maximum Gasteiger partial charge on any atom is 0.273 e. The van der Waals surface area contributed by atoms with E-state index in [-0.39, 0.29) is 17.9 Å². The molecule has 1 saturated heterocycles. The van der Waals surface area contributed by atoms with E-state index >= 15 is 0 Å². The molecule has 2 fully saturated rings. The third-order valence-electron chi connectivity index (χ3n) is 5.40. The predicted molar refractivity (Wildman–Crippen MR) is 95.7 cm³/mol. The van der Waals surface area contributed by atoms with Gasteiger partial charge in [-0.2, -0.15) is 0 Å². The average Bonchev–Trinajstić information content (AvgIpc) is 3.34. The minimum absolute atomic E-state index is 0.0873. The van der Waals surface area contributed by atoms with Crippen LogP contribution in [-0.4, -0.2) is 65.1 Å². The lowest BCUT2D eigenvalue weighted by atomic mass is 10.0. The van der Waals surface area contributed by atoms with E-state index in [0.717, 1.165) is 19.4 Å². The molecule has 0 spiro atoms. The number of amides is 2. The molecular weight excluding hydrogens is 334 g/mol. The first-order valence-corrected chi connectivity index (χ1v) is 9.64. The Bertz CT molecular complexity index is 612. The van der Waals surface area contributed by atoms with E-state index in [1.54, 1.807) is 18.0 Å². The van der Waals surface area contributed by atoms with Crippen LogP contribution in [0.5, 0.6) is 0 Å². The first-order chi connectivity index (χ1) is 12.7. The fourth-order valence-corrected chi connectivity index (χ4v) is 3.90. The van der Waals surface area contributed by atoms with Crippen LogP contribution in [0.1, 0.15) is 61.5 Å². The second kappa shape index (κ2) is 9.12. The number of hydrogen-bond acceptors (Lipinski definition) is 5. The molecule has 144 valence electrons. The van der Waals surface area contributed by atoms with Crippen molar-refractivity contribution in [1.29, 1.82) is 0 Å². The van der Waals surface area contributed by atoms with Gasteiger partial charge >= 0.3 is 0 Å². The van der Waals surface area contributed by atoms with Crippen molar-refractivity contribution in [2.75, 3.05) is 33.4 Å². The Morgan fingerprint density at radius 1 is 1.27 bits per heavy atom. The van der Waals surface area contributed by atoms with Crippen molar-refractivity contribution in [3.63, 3.8) is 0 Å². The zero-order chi connectivity index (χ0) is 18.4. The molecule has 2 heterocycles. The standard InChI is InChI=1S/C18H29N5O3/c1-26-10-8-19-18(25)16-13-23(21-20-16)15-7-4-9-22(12-15)17(24)11-14-5-2-3-6-14/h13-15H,2-12H2,1H3,(H,19,25)/t15-/m0/s1. The molecule has 3 rings (SSSR count). The summed E-state index contributed by atoms with van der Waals surface area (Å²) >= 11 is 0. The molecule has 0 radical (unpaired) electrons. The van der Waals surface area contributed by atoms with Crippen molar-refractivity contribution < 1.29 is 14.3 Å². The molecule has 1 aromatic heterocycles. The number of piperidine rings is 1. The first kappa shape index (κ1) is 18.8. The van der Waals surface area contributed by atoms with Crippen molar-refractivity contribution in [2.24, 2.45) is 5.92 Å². The van der Waals surface area contributed by atoms with Crippen LogP contribution in [0.2, 0.25) is 0 Å². The number of likely N-dealkylation sites (tertiary alicyclic amines) is 1. The molecule has 0 unspecified atom stereocenters. The van der Waals surface area contributed by atoms with Gasteiger partial charge in [0.1, 0.15) is 0 Å². The van der Waals surface area contributed by atoms with Crippen LogP contribution in [0, 0.1) is 5.92 Å². The Labute approximate surface area is 154 Å². The number of aromatic nitrogens is 3. The van der Waals surface area contributed by atoms with Crippen molar-refractivity contribution >= 4 is 11.8 Å². The van der Waals surface area contributed by atoms with Gasteiger partial charge in [0, 0.05) is 33.2 Å². The second-order valence-corrected chi connectivity index (χ2v) is 7.32. The fraction of sp³-hybridized carbons (Fsp3) is 0.778. The molecule has 1 N–H and O–H groups in total. The summed E-state index contributed by atoms with van der Waals surface area (Å²) in [5, 5.41) is 10.8. The lowest BCUT2D eigenvalue weighted by molar-refractivity contribution is -0.133. The molecule has 1 atom stereocenters. The van der Waals surface area contributed by atoms with Crippen LogP contribution < -0.4 is 5.32 Å². The second-order valence-electron chi connectivity index (χ2n) is 7.32. The smallest absolute Gasteiger partial charge is 0.273 e. The topological polar surface area (TPSA) is 89.4 Å². The zero-order valence-corrected chi connectivity index (χ0v) is 15.5. The van der Waals surface area contributed by atoms with E-state index in [2.05, 4.69) is 15.6 Å². The summed E-state index contributed by atoms with van der Waals surface area (Å²) in [6.45, 7) is 2.37. The summed E-state index contributed by atoms with van der Waals surface area (Å²) in [4.78, 5) is 26.6. The average molecular weight is 363 g/mol. The molecule has 2 amide bonds. The summed E-state index contributed by atoms with van der Waals surface area (Å²) in [6, 6.07) is 0.0873. The maximum absolute atomic E-state index is 12.6. The summed E-state index contributed by atoms with van der Waals surface area (Å²) in [5.74, 6) is 0.578.